The van der Waals surface area contributed by atoms with Gasteiger partial charge in [-0.05, 0) is 5.56 Å². The monoisotopic (exact) mass is 205 g/mol. The van der Waals surface area contributed by atoms with Crippen molar-refractivity contribution in [2.45, 2.75) is 11.8 Å². The van der Waals surface area contributed by atoms with Crippen LogP contribution < -0.4 is 5.73 Å². The average molecular weight is 205 g/mol. The molecule has 0 bridgehead atoms. The van der Waals surface area contributed by atoms with E-state index in [1.807, 2.05) is 18.2 Å². The van der Waals surface area contributed by atoms with Crippen LogP contribution in [0.5, 0.6) is 0 Å². The number of hydrogen-bond acceptors (Lipinski definition) is 3. The average Bonchev–Trinajstić information content (AvgIpc) is 2.63. The van der Waals surface area contributed by atoms with Gasteiger partial charge < -0.3 is 10.5 Å². The zero-order valence-electron chi connectivity index (χ0n) is 8.10. The lowest BCUT2D eigenvalue weighted by atomic mass is 9.79. The van der Waals surface area contributed by atoms with Gasteiger partial charge in [-0.15, -0.1) is 0 Å². The standard InChI is InChI=1S/C11H11NO3/c12-10(14)11(6-9(13)15-7-11)8-4-2-1-3-5-8/h1-5H,6-7H2,(H2,12,14). The van der Waals surface area contributed by atoms with Gasteiger partial charge in [0.1, 0.15) is 12.0 Å². The number of esters is 1. The van der Waals surface area contributed by atoms with Gasteiger partial charge in [0, 0.05) is 0 Å². The van der Waals surface area contributed by atoms with Gasteiger partial charge in [-0.2, -0.15) is 0 Å². The molecule has 78 valence electrons. The van der Waals surface area contributed by atoms with Gasteiger partial charge in [0.15, 0.2) is 0 Å². The van der Waals surface area contributed by atoms with Crippen LogP contribution in [0.2, 0.25) is 0 Å². The summed E-state index contributed by atoms with van der Waals surface area (Å²) in [5.41, 5.74) is 5.12. The van der Waals surface area contributed by atoms with Crippen molar-refractivity contribution in [3.05, 3.63) is 35.9 Å². The number of nitrogens with two attached hydrogens (primary N) is 1. The van der Waals surface area contributed by atoms with Gasteiger partial charge in [-0.1, -0.05) is 30.3 Å². The Bertz CT molecular complexity index is 402. The highest BCUT2D eigenvalue weighted by Crippen LogP contribution is 2.33. The third-order valence-electron chi connectivity index (χ3n) is 2.72. The van der Waals surface area contributed by atoms with Crippen LogP contribution in [0.1, 0.15) is 12.0 Å². The van der Waals surface area contributed by atoms with Crippen LogP contribution in [0.4, 0.5) is 0 Å². The number of rotatable bonds is 2. The summed E-state index contributed by atoms with van der Waals surface area (Å²) in [4.78, 5) is 22.6. The molecule has 1 aliphatic heterocycles. The zero-order chi connectivity index (χ0) is 10.9. The minimum Gasteiger partial charge on any atom is -0.464 e. The van der Waals surface area contributed by atoms with Crippen LogP contribution in [0, 0.1) is 0 Å². The maximum absolute atomic E-state index is 11.5. The number of cyclic esters (lactones) is 1. The van der Waals surface area contributed by atoms with E-state index in [9.17, 15) is 9.59 Å². The zero-order valence-corrected chi connectivity index (χ0v) is 8.10. The fourth-order valence-electron chi connectivity index (χ4n) is 1.80. The third-order valence-corrected chi connectivity index (χ3v) is 2.72. The highest BCUT2D eigenvalue weighted by Gasteiger charge is 2.47. The summed E-state index contributed by atoms with van der Waals surface area (Å²) in [6.07, 6.45) is 0.0341. The highest BCUT2D eigenvalue weighted by atomic mass is 16.5. The third kappa shape index (κ3) is 1.48. The van der Waals surface area contributed by atoms with Crippen molar-refractivity contribution >= 4 is 11.9 Å². The number of primary amides is 1. The number of hydrogen-bond donors (Lipinski definition) is 1. The molecule has 1 amide bonds. The first-order chi connectivity index (χ1) is 7.15. The summed E-state index contributed by atoms with van der Waals surface area (Å²) in [5, 5.41) is 0. The summed E-state index contributed by atoms with van der Waals surface area (Å²) in [6.45, 7) is 0.0468. The van der Waals surface area contributed by atoms with E-state index < -0.39 is 11.3 Å². The number of carbonyl (C=O) groups is 2. The van der Waals surface area contributed by atoms with E-state index in [4.69, 9.17) is 10.5 Å². The molecule has 4 heteroatoms. The molecule has 0 spiro atoms. The minimum absolute atomic E-state index is 0.0341. The predicted molar refractivity (Wildman–Crippen MR) is 52.9 cm³/mol. The minimum atomic E-state index is -0.974. The second kappa shape index (κ2) is 3.38. The summed E-state index contributed by atoms with van der Waals surface area (Å²) in [7, 11) is 0. The van der Waals surface area contributed by atoms with Crippen LogP contribution >= 0.6 is 0 Å². The molecule has 1 aliphatic rings. The van der Waals surface area contributed by atoms with Crippen molar-refractivity contribution in [1.29, 1.82) is 0 Å². The molecule has 1 atom stereocenters. The number of amides is 1. The van der Waals surface area contributed by atoms with Crippen LogP contribution in [0.15, 0.2) is 30.3 Å². The number of ether oxygens (including phenoxy) is 1. The van der Waals surface area contributed by atoms with E-state index in [0.29, 0.717) is 0 Å². The molecule has 0 aromatic heterocycles. The van der Waals surface area contributed by atoms with Crippen LogP contribution in [0.25, 0.3) is 0 Å². The second-order valence-electron chi connectivity index (χ2n) is 3.65. The molecule has 2 N–H and O–H groups in total. The van der Waals surface area contributed by atoms with Crippen LogP contribution in [-0.2, 0) is 19.7 Å². The van der Waals surface area contributed by atoms with E-state index in [-0.39, 0.29) is 19.0 Å². The van der Waals surface area contributed by atoms with E-state index in [1.54, 1.807) is 12.1 Å². The smallest absolute Gasteiger partial charge is 0.307 e. The van der Waals surface area contributed by atoms with Gasteiger partial charge in [-0.25, -0.2) is 0 Å². The van der Waals surface area contributed by atoms with E-state index in [0.717, 1.165) is 5.56 Å². The lowest BCUT2D eigenvalue weighted by Gasteiger charge is -2.21. The predicted octanol–water partition coefficient (Wildman–Crippen LogP) is 0.357. The van der Waals surface area contributed by atoms with Crippen molar-refractivity contribution in [2.24, 2.45) is 5.73 Å². The van der Waals surface area contributed by atoms with Crippen molar-refractivity contribution in [1.82, 2.24) is 0 Å². The fourth-order valence-corrected chi connectivity index (χ4v) is 1.80. The molecule has 1 saturated heterocycles. The molecule has 1 fully saturated rings. The molecule has 1 unspecified atom stereocenters. The molecular formula is C11H11NO3. The van der Waals surface area contributed by atoms with Crippen molar-refractivity contribution in [3.63, 3.8) is 0 Å². The molecular weight excluding hydrogens is 194 g/mol. The van der Waals surface area contributed by atoms with E-state index in [1.165, 1.54) is 0 Å². The molecule has 15 heavy (non-hydrogen) atoms. The Hall–Kier alpha value is -1.84. The van der Waals surface area contributed by atoms with Crippen LogP contribution in [-0.4, -0.2) is 18.5 Å². The Morgan fingerprint density at radius 2 is 2.00 bits per heavy atom. The first-order valence-electron chi connectivity index (χ1n) is 4.66. The first-order valence-corrected chi connectivity index (χ1v) is 4.66. The summed E-state index contributed by atoms with van der Waals surface area (Å²) in [5.74, 6) is -0.891. The first kappa shape index (κ1) is 9.71. The summed E-state index contributed by atoms with van der Waals surface area (Å²) in [6, 6.07) is 9.03. The van der Waals surface area contributed by atoms with Gasteiger partial charge in [0.25, 0.3) is 0 Å². The van der Waals surface area contributed by atoms with E-state index >= 15 is 0 Å². The largest absolute Gasteiger partial charge is 0.464 e. The van der Waals surface area contributed by atoms with E-state index in [2.05, 4.69) is 0 Å². The molecule has 0 radical (unpaired) electrons. The van der Waals surface area contributed by atoms with Crippen molar-refractivity contribution < 1.29 is 14.3 Å². The summed E-state index contributed by atoms with van der Waals surface area (Å²) >= 11 is 0. The Labute approximate surface area is 87.0 Å². The summed E-state index contributed by atoms with van der Waals surface area (Å²) < 4.78 is 4.84. The molecule has 0 saturated carbocycles. The van der Waals surface area contributed by atoms with Crippen molar-refractivity contribution in [2.75, 3.05) is 6.61 Å². The normalized spacial score (nSPS) is 24.9. The van der Waals surface area contributed by atoms with Crippen molar-refractivity contribution in [3.8, 4) is 0 Å². The molecule has 4 nitrogen and oxygen atoms in total. The lowest BCUT2D eigenvalue weighted by Crippen LogP contribution is -2.41. The maximum atomic E-state index is 11.5. The molecule has 1 heterocycles. The molecule has 1 aromatic carbocycles. The van der Waals surface area contributed by atoms with Gasteiger partial charge >= 0.3 is 5.97 Å². The number of benzene rings is 1. The SMILES string of the molecule is NC(=O)C1(c2ccccc2)COC(=O)C1. The maximum Gasteiger partial charge on any atom is 0.307 e. The number of carbonyl (C=O) groups excluding carboxylic acids is 2. The molecule has 0 aliphatic carbocycles. The second-order valence-corrected chi connectivity index (χ2v) is 3.65. The molecule has 2 rings (SSSR count). The Morgan fingerprint density at radius 1 is 1.33 bits per heavy atom. The topological polar surface area (TPSA) is 69.4 Å². The van der Waals surface area contributed by atoms with Gasteiger partial charge in [0.2, 0.25) is 5.91 Å². The lowest BCUT2D eigenvalue weighted by molar-refractivity contribution is -0.137. The highest BCUT2D eigenvalue weighted by molar-refractivity contribution is 5.93. The quantitative estimate of drug-likeness (QED) is 0.708. The Morgan fingerprint density at radius 3 is 2.47 bits per heavy atom. The Balaban J connectivity index is 2.45. The molecule has 1 aromatic rings. The van der Waals surface area contributed by atoms with Gasteiger partial charge in [-0.3, -0.25) is 9.59 Å². The Kier molecular flexibility index (Phi) is 2.19. The van der Waals surface area contributed by atoms with Crippen LogP contribution in [0.3, 0.4) is 0 Å². The van der Waals surface area contributed by atoms with Gasteiger partial charge in [0.05, 0.1) is 6.42 Å². The fraction of sp³-hybridized carbons (Fsp3) is 0.273.